The van der Waals surface area contributed by atoms with E-state index >= 15 is 0 Å². The van der Waals surface area contributed by atoms with Gasteiger partial charge in [0.15, 0.2) is 5.60 Å². The van der Waals surface area contributed by atoms with Crippen LogP contribution in [0.25, 0.3) is 0 Å². The Morgan fingerprint density at radius 1 is 1.02 bits per heavy atom. The molecule has 1 aliphatic heterocycles. The molecule has 2 bridgehead atoms. The fourth-order valence-corrected chi connectivity index (χ4v) is 8.22. The molecule has 1 aromatic carbocycles. The van der Waals surface area contributed by atoms with E-state index in [-0.39, 0.29) is 25.9 Å². The van der Waals surface area contributed by atoms with Crippen LogP contribution < -0.4 is 0 Å². The topological polar surface area (TPSA) is 129 Å². The second-order valence-corrected chi connectivity index (χ2v) is 12.8. The smallest absolute Gasteiger partial charge is 0.338 e. The Morgan fingerprint density at radius 3 is 2.27 bits per heavy atom. The van der Waals surface area contributed by atoms with E-state index in [0.29, 0.717) is 12.0 Å². The van der Waals surface area contributed by atoms with Gasteiger partial charge < -0.3 is 29.2 Å². The molecule has 0 unspecified atom stereocenters. The summed E-state index contributed by atoms with van der Waals surface area (Å²) in [5.41, 5.74) is -2.99. The van der Waals surface area contributed by atoms with Crippen LogP contribution in [0.3, 0.4) is 0 Å². The van der Waals surface area contributed by atoms with Crippen molar-refractivity contribution in [1.29, 1.82) is 0 Å². The van der Waals surface area contributed by atoms with Gasteiger partial charge in [-0.3, -0.25) is 9.59 Å². The molecule has 3 aliphatic carbocycles. The van der Waals surface area contributed by atoms with E-state index < -0.39 is 70.3 Å². The Hall–Kier alpha value is -2.75. The third kappa shape index (κ3) is 4.11. The molecule has 5 rings (SSSR count). The van der Waals surface area contributed by atoms with Gasteiger partial charge in [-0.15, -0.1) is 0 Å². The van der Waals surface area contributed by atoms with Gasteiger partial charge in [-0.1, -0.05) is 44.5 Å². The van der Waals surface area contributed by atoms with Gasteiger partial charge in [0.25, 0.3) is 0 Å². The highest BCUT2D eigenvalue weighted by atomic mass is 16.6. The molecule has 4 aliphatic rings. The summed E-state index contributed by atoms with van der Waals surface area (Å²) in [6.07, 6.45) is -2.50. The van der Waals surface area contributed by atoms with E-state index in [4.69, 9.17) is 18.9 Å². The number of aliphatic hydroxyl groups is 2. The van der Waals surface area contributed by atoms with Gasteiger partial charge in [-0.2, -0.15) is 0 Å². The lowest BCUT2D eigenvalue weighted by Crippen LogP contribution is -2.80. The van der Waals surface area contributed by atoms with Crippen LogP contribution in [0, 0.1) is 16.7 Å². The number of aliphatic hydroxyl groups excluding tert-OH is 1. The van der Waals surface area contributed by atoms with Crippen LogP contribution in [-0.2, 0) is 28.5 Å². The van der Waals surface area contributed by atoms with Crippen molar-refractivity contribution in [2.24, 2.45) is 16.7 Å². The van der Waals surface area contributed by atoms with Crippen molar-refractivity contribution in [3.05, 3.63) is 47.0 Å². The molecule has 0 amide bonds. The second-order valence-electron chi connectivity index (χ2n) is 12.8. The van der Waals surface area contributed by atoms with Crippen LogP contribution in [0.5, 0.6) is 0 Å². The monoisotopic (exact) mass is 556 g/mol. The lowest BCUT2D eigenvalue weighted by molar-refractivity contribution is -0.353. The Labute approximate surface area is 234 Å². The van der Waals surface area contributed by atoms with Crippen molar-refractivity contribution in [2.75, 3.05) is 6.61 Å². The molecule has 1 saturated heterocycles. The summed E-state index contributed by atoms with van der Waals surface area (Å²) in [6.45, 7) is 10.2. The maximum absolute atomic E-state index is 13.7. The van der Waals surface area contributed by atoms with Crippen molar-refractivity contribution < 1.29 is 43.5 Å². The Morgan fingerprint density at radius 2 is 1.70 bits per heavy atom. The number of allylic oxidation sites excluding steroid dienone is 1. The van der Waals surface area contributed by atoms with E-state index in [0.717, 1.165) is 11.1 Å². The quantitative estimate of drug-likeness (QED) is 0.325. The Balaban J connectivity index is 1.77. The number of carbonyl (C=O) groups excluding carboxylic acids is 3. The molecular weight excluding hydrogens is 516 g/mol. The molecule has 2 N–H and O–H groups in total. The molecule has 0 spiro atoms. The number of fused-ring (bicyclic) bond motifs is 5. The van der Waals surface area contributed by atoms with Crippen molar-refractivity contribution in [3.63, 3.8) is 0 Å². The Kier molecular flexibility index (Phi) is 6.95. The summed E-state index contributed by atoms with van der Waals surface area (Å²) in [6, 6.07) is 8.53. The predicted octanol–water partition coefficient (Wildman–Crippen LogP) is 3.50. The standard InChI is InChI=1S/C31H40O9/c1-17-12-13-31(36)26(39-27(35)20-10-8-7-9-11-20)25-29(6,15-21(38-18(2)32)24(17)28(31,4)5)22(34)14-23-30(25,16-37-23)40-19(3)33/h7-11,21-23,25-26,34,36H,12-16H2,1-6H3/t21-,22-,23+,25+,26-,29+,30-,31+/m0/s1. The van der Waals surface area contributed by atoms with Crippen LogP contribution in [0.4, 0.5) is 0 Å². The van der Waals surface area contributed by atoms with Gasteiger partial charge in [-0.25, -0.2) is 4.79 Å². The minimum Gasteiger partial charge on any atom is -0.458 e. The number of ether oxygens (including phenoxy) is 4. The molecule has 1 aromatic rings. The zero-order valence-electron chi connectivity index (χ0n) is 24.1. The first kappa shape index (κ1) is 28.8. The fraction of sp³-hybridized carbons (Fsp3) is 0.645. The third-order valence-corrected chi connectivity index (χ3v) is 10.2. The molecule has 218 valence electrons. The number of benzene rings is 1. The van der Waals surface area contributed by atoms with Gasteiger partial charge in [0, 0.05) is 31.1 Å². The molecule has 8 atom stereocenters. The first-order valence-electron chi connectivity index (χ1n) is 14.0. The lowest BCUT2D eigenvalue weighted by atomic mass is 9.45. The molecule has 1 heterocycles. The third-order valence-electron chi connectivity index (χ3n) is 10.2. The summed E-state index contributed by atoms with van der Waals surface area (Å²) in [5, 5.41) is 24.6. The minimum absolute atomic E-state index is 0.0279. The SMILES string of the molecule is CC(=O)O[C@H]1C[C@@]2(C)[C@@H]([C@H](OC(=O)c3ccccc3)[C@]3(O)CCC(C)=C1C3(C)C)[C@]1(OC(C)=O)CO[C@@H]1C[C@@H]2O. The molecular formula is C31H40O9. The van der Waals surface area contributed by atoms with E-state index in [1.54, 1.807) is 30.3 Å². The van der Waals surface area contributed by atoms with E-state index in [2.05, 4.69) is 0 Å². The normalized spacial score (nSPS) is 39.9. The zero-order chi connectivity index (χ0) is 29.3. The number of carbonyl (C=O) groups is 3. The lowest BCUT2D eigenvalue weighted by Gasteiger charge is -2.68. The van der Waals surface area contributed by atoms with Gasteiger partial charge in [0.05, 0.1) is 24.2 Å². The van der Waals surface area contributed by atoms with Crippen LogP contribution in [0.1, 0.15) is 77.6 Å². The van der Waals surface area contributed by atoms with E-state index in [1.165, 1.54) is 13.8 Å². The average molecular weight is 557 g/mol. The number of hydrogen-bond acceptors (Lipinski definition) is 9. The molecule has 9 heteroatoms. The van der Waals surface area contributed by atoms with E-state index in [9.17, 15) is 24.6 Å². The summed E-state index contributed by atoms with van der Waals surface area (Å²) in [4.78, 5) is 38.6. The maximum atomic E-state index is 13.7. The Bertz CT molecular complexity index is 1240. The molecule has 9 nitrogen and oxygen atoms in total. The van der Waals surface area contributed by atoms with Crippen molar-refractivity contribution in [3.8, 4) is 0 Å². The van der Waals surface area contributed by atoms with Crippen LogP contribution in [-0.4, -0.2) is 70.3 Å². The van der Waals surface area contributed by atoms with Crippen LogP contribution >= 0.6 is 0 Å². The first-order chi connectivity index (χ1) is 18.7. The maximum Gasteiger partial charge on any atom is 0.338 e. The largest absolute Gasteiger partial charge is 0.458 e. The van der Waals surface area contributed by atoms with Crippen LogP contribution in [0.15, 0.2) is 41.5 Å². The van der Waals surface area contributed by atoms with E-state index in [1.807, 2.05) is 27.7 Å². The van der Waals surface area contributed by atoms with Crippen molar-refractivity contribution >= 4 is 17.9 Å². The predicted molar refractivity (Wildman–Crippen MR) is 143 cm³/mol. The average Bonchev–Trinajstić information content (AvgIpc) is 2.86. The summed E-state index contributed by atoms with van der Waals surface area (Å²) in [7, 11) is 0. The first-order valence-corrected chi connectivity index (χ1v) is 14.0. The van der Waals surface area contributed by atoms with Crippen LogP contribution in [0.2, 0.25) is 0 Å². The van der Waals surface area contributed by atoms with Crippen molar-refractivity contribution in [2.45, 2.75) is 103 Å². The van der Waals surface area contributed by atoms with Gasteiger partial charge >= 0.3 is 17.9 Å². The van der Waals surface area contributed by atoms with Gasteiger partial charge in [0.2, 0.25) is 0 Å². The molecule has 40 heavy (non-hydrogen) atoms. The number of esters is 3. The number of hydrogen-bond donors (Lipinski definition) is 2. The van der Waals surface area contributed by atoms with Crippen molar-refractivity contribution in [1.82, 2.24) is 0 Å². The summed E-state index contributed by atoms with van der Waals surface area (Å²) < 4.78 is 24.2. The number of rotatable bonds is 4. The minimum atomic E-state index is -1.67. The summed E-state index contributed by atoms with van der Waals surface area (Å²) in [5.74, 6) is -2.52. The van der Waals surface area contributed by atoms with Gasteiger partial charge in [-0.05, 0) is 43.9 Å². The molecule has 3 fully saturated rings. The second kappa shape index (κ2) is 9.67. The molecule has 2 saturated carbocycles. The highest BCUT2D eigenvalue weighted by molar-refractivity contribution is 5.89. The molecule has 0 radical (unpaired) electrons. The summed E-state index contributed by atoms with van der Waals surface area (Å²) >= 11 is 0. The molecule has 0 aromatic heterocycles. The zero-order valence-corrected chi connectivity index (χ0v) is 24.1. The fourth-order valence-electron chi connectivity index (χ4n) is 8.22. The van der Waals surface area contributed by atoms with Gasteiger partial charge in [0.1, 0.15) is 23.9 Å². The highest BCUT2D eigenvalue weighted by Gasteiger charge is 2.75. The highest BCUT2D eigenvalue weighted by Crippen LogP contribution is 2.65.